The lowest BCUT2D eigenvalue weighted by Crippen LogP contribution is -1.79. The second kappa shape index (κ2) is 19.6. The van der Waals surface area contributed by atoms with Crippen LogP contribution in [0.15, 0.2) is 92.5 Å². The summed E-state index contributed by atoms with van der Waals surface area (Å²) in [5, 5.41) is 5.51. The van der Waals surface area contributed by atoms with E-state index in [1.165, 1.54) is 60.1 Å². The van der Waals surface area contributed by atoms with Crippen molar-refractivity contribution in [2.24, 2.45) is 0 Å². The van der Waals surface area contributed by atoms with E-state index in [1.54, 1.807) is 22.7 Å². The molecule has 0 unspecified atom stereocenters. The zero-order valence-corrected chi connectivity index (χ0v) is 30.9. The molecule has 0 saturated heterocycles. The van der Waals surface area contributed by atoms with Gasteiger partial charge in [0.05, 0.1) is 0 Å². The van der Waals surface area contributed by atoms with Gasteiger partial charge in [-0.2, -0.15) is 0 Å². The molecule has 4 heterocycles. The highest BCUT2D eigenvalue weighted by Crippen LogP contribution is 2.24. The van der Waals surface area contributed by atoms with Crippen molar-refractivity contribution in [3.05, 3.63) is 134 Å². The first kappa shape index (κ1) is 37.5. The smallest absolute Gasteiger partial charge is 0.0345 e. The zero-order chi connectivity index (χ0) is 29.7. The lowest BCUT2D eigenvalue weighted by Gasteiger charge is -1.98. The largest absolute Gasteiger partial charge is 0.148 e. The predicted molar refractivity (Wildman–Crippen MR) is 201 cm³/mol. The van der Waals surface area contributed by atoms with Crippen LogP contribution in [-0.4, -0.2) is 0 Å². The standard InChI is InChI=1S/C9H8S.C9H12.C6H8S.2C5H5BrS.CH4/c1-7-6-8-4-2-3-5-9(8)10-7;1-7-4-5-8(2)9(3)6-7;1-5-3-4-6(2)7-5;1-4-2-5(6)3-7-4;1-4-5(6)2-3-7-4;/h2-6H,1H3;4-6H,1-3H3;3-4H,1-2H3;2*2-3H,1H3;1H4. The molecule has 0 aliphatic carbocycles. The maximum absolute atomic E-state index is 3.38. The molecule has 0 saturated carbocycles. The molecule has 6 heteroatoms. The highest BCUT2D eigenvalue weighted by molar-refractivity contribution is 9.10. The number of thiophene rings is 4. The Balaban J connectivity index is 0.000000257. The number of hydrogen-bond acceptors (Lipinski definition) is 4. The van der Waals surface area contributed by atoms with Gasteiger partial charge in [-0.1, -0.05) is 49.4 Å². The van der Waals surface area contributed by atoms with E-state index in [1.807, 2.05) is 22.7 Å². The average Bonchev–Trinajstić information content (AvgIpc) is 3.68. The highest BCUT2D eigenvalue weighted by Gasteiger charge is 1.94. The van der Waals surface area contributed by atoms with E-state index < -0.39 is 0 Å². The Bertz CT molecular complexity index is 1450. The first-order valence-electron chi connectivity index (χ1n) is 12.9. The molecule has 0 atom stereocenters. The molecule has 0 N–H and O–H groups in total. The third-order valence-electron chi connectivity index (χ3n) is 5.58. The Kier molecular flexibility index (Phi) is 17.9. The summed E-state index contributed by atoms with van der Waals surface area (Å²) in [6.45, 7) is 17.0. The molecule has 0 amide bonds. The molecule has 0 bridgehead atoms. The molecule has 4 aromatic heterocycles. The van der Waals surface area contributed by atoms with E-state index in [4.69, 9.17) is 0 Å². The molecule has 41 heavy (non-hydrogen) atoms. The Hall–Kier alpha value is -1.54. The average molecular weight is 751 g/mol. The summed E-state index contributed by atoms with van der Waals surface area (Å²) in [4.78, 5) is 6.89. The highest BCUT2D eigenvalue weighted by atomic mass is 79.9. The molecule has 6 rings (SSSR count). The van der Waals surface area contributed by atoms with E-state index in [0.29, 0.717) is 0 Å². The summed E-state index contributed by atoms with van der Waals surface area (Å²) in [5.41, 5.74) is 4.11. The molecular formula is C35H42Br2S4. The van der Waals surface area contributed by atoms with Gasteiger partial charge in [-0.25, -0.2) is 0 Å². The van der Waals surface area contributed by atoms with Crippen molar-refractivity contribution < 1.29 is 0 Å². The van der Waals surface area contributed by atoms with E-state index in [0.717, 1.165) is 0 Å². The van der Waals surface area contributed by atoms with Crippen LogP contribution in [0.25, 0.3) is 10.1 Å². The van der Waals surface area contributed by atoms with E-state index in [2.05, 4.69) is 171 Å². The number of fused-ring (bicyclic) bond motifs is 1. The summed E-state index contributed by atoms with van der Waals surface area (Å²) in [6, 6.07) is 25.6. The van der Waals surface area contributed by atoms with E-state index in [9.17, 15) is 0 Å². The summed E-state index contributed by atoms with van der Waals surface area (Å²) in [5.74, 6) is 0. The third kappa shape index (κ3) is 15.0. The van der Waals surface area contributed by atoms with Gasteiger partial charge < -0.3 is 0 Å². The summed E-state index contributed by atoms with van der Waals surface area (Å²) >= 11 is 13.9. The molecule has 220 valence electrons. The first-order valence-corrected chi connectivity index (χ1v) is 17.8. The number of benzene rings is 2. The SMILES string of the molecule is C.Cc1cc(Br)cs1.Cc1cc2ccccc2s1.Cc1ccc(C)c(C)c1.Cc1ccc(C)s1.Cc1sccc1Br. The molecular weight excluding hydrogens is 708 g/mol. The number of hydrogen-bond donors (Lipinski definition) is 0. The quantitative estimate of drug-likeness (QED) is 0.145. The van der Waals surface area contributed by atoms with Crippen molar-refractivity contribution in [3.8, 4) is 0 Å². The molecule has 0 aliphatic rings. The van der Waals surface area contributed by atoms with Crippen LogP contribution in [0.5, 0.6) is 0 Å². The second-order valence-corrected chi connectivity index (χ2v) is 16.1. The number of halogens is 2. The van der Waals surface area contributed by atoms with Crippen molar-refractivity contribution in [2.75, 3.05) is 0 Å². The van der Waals surface area contributed by atoms with Crippen LogP contribution in [0.4, 0.5) is 0 Å². The van der Waals surface area contributed by atoms with Crippen molar-refractivity contribution in [2.45, 2.75) is 62.8 Å². The second-order valence-electron chi connectivity index (χ2n) is 9.34. The molecule has 0 aliphatic heterocycles. The van der Waals surface area contributed by atoms with Gasteiger partial charge in [0, 0.05) is 43.4 Å². The van der Waals surface area contributed by atoms with Gasteiger partial charge in [0.2, 0.25) is 0 Å². The van der Waals surface area contributed by atoms with E-state index in [-0.39, 0.29) is 7.43 Å². The van der Waals surface area contributed by atoms with Crippen LogP contribution < -0.4 is 0 Å². The van der Waals surface area contributed by atoms with E-state index >= 15 is 0 Å². The predicted octanol–water partition coefficient (Wildman–Crippen LogP) is 14.5. The van der Waals surface area contributed by atoms with Crippen molar-refractivity contribution in [3.63, 3.8) is 0 Å². The molecule has 6 aromatic rings. The maximum atomic E-state index is 3.38. The minimum Gasteiger partial charge on any atom is -0.148 e. The topological polar surface area (TPSA) is 0 Å². The van der Waals surface area contributed by atoms with Gasteiger partial charge in [-0.3, -0.25) is 0 Å². The van der Waals surface area contributed by atoms with Crippen molar-refractivity contribution in [1.29, 1.82) is 0 Å². The van der Waals surface area contributed by atoms with Gasteiger partial charge in [0.25, 0.3) is 0 Å². The third-order valence-corrected chi connectivity index (χ3v) is 11.1. The normalized spacial score (nSPS) is 9.51. The van der Waals surface area contributed by atoms with Crippen LogP contribution in [0.2, 0.25) is 0 Å². The van der Waals surface area contributed by atoms with Crippen LogP contribution in [0.3, 0.4) is 0 Å². The first-order chi connectivity index (χ1) is 18.9. The minimum atomic E-state index is 0. The van der Waals surface area contributed by atoms with Gasteiger partial charge in [-0.05, 0) is 146 Å². The van der Waals surface area contributed by atoms with Gasteiger partial charge in [-0.15, -0.1) is 45.3 Å². The van der Waals surface area contributed by atoms with Crippen molar-refractivity contribution >= 4 is 87.3 Å². The Morgan fingerprint density at radius 3 is 1.59 bits per heavy atom. The fourth-order valence-corrected chi connectivity index (χ4v) is 7.56. The zero-order valence-electron chi connectivity index (χ0n) is 24.5. The van der Waals surface area contributed by atoms with Crippen LogP contribution in [0.1, 0.15) is 48.5 Å². The Labute approximate surface area is 281 Å². The Morgan fingerprint density at radius 2 is 1.22 bits per heavy atom. The van der Waals surface area contributed by atoms with Gasteiger partial charge in [0.1, 0.15) is 0 Å². The molecule has 0 spiro atoms. The fraction of sp³-hybridized carbons (Fsp3) is 0.257. The number of rotatable bonds is 0. The fourth-order valence-electron chi connectivity index (χ4n) is 3.34. The van der Waals surface area contributed by atoms with Gasteiger partial charge >= 0.3 is 0 Å². The number of aryl methyl sites for hydroxylation is 8. The summed E-state index contributed by atoms with van der Waals surface area (Å²) in [7, 11) is 0. The maximum Gasteiger partial charge on any atom is 0.0345 e. The summed E-state index contributed by atoms with van der Waals surface area (Å²) in [6.07, 6.45) is 0. The molecule has 0 nitrogen and oxygen atoms in total. The molecule has 2 aromatic carbocycles. The van der Waals surface area contributed by atoms with Crippen LogP contribution >= 0.6 is 77.2 Å². The molecule has 0 radical (unpaired) electrons. The molecule has 0 fully saturated rings. The van der Waals surface area contributed by atoms with Crippen LogP contribution in [-0.2, 0) is 0 Å². The lowest BCUT2D eigenvalue weighted by molar-refractivity contribution is 1.30. The van der Waals surface area contributed by atoms with Crippen LogP contribution in [0, 0.1) is 55.4 Å². The Morgan fingerprint density at radius 1 is 0.561 bits per heavy atom. The lowest BCUT2D eigenvalue weighted by atomic mass is 10.1. The summed E-state index contributed by atoms with van der Waals surface area (Å²) < 4.78 is 3.80. The monoisotopic (exact) mass is 748 g/mol. The van der Waals surface area contributed by atoms with Crippen molar-refractivity contribution in [1.82, 2.24) is 0 Å². The van der Waals surface area contributed by atoms with Gasteiger partial charge in [0.15, 0.2) is 0 Å². The minimum absolute atomic E-state index is 0.